The number of rotatable bonds is 2. The summed E-state index contributed by atoms with van der Waals surface area (Å²) in [4.78, 5) is 12.5. The van der Waals surface area contributed by atoms with Gasteiger partial charge in [-0.3, -0.25) is 0 Å². The molecule has 0 bridgehead atoms. The highest BCUT2D eigenvalue weighted by Crippen LogP contribution is 2.24. The molecule has 0 radical (unpaired) electrons. The van der Waals surface area contributed by atoms with Gasteiger partial charge in [-0.1, -0.05) is 36.4 Å². The second-order valence-corrected chi connectivity index (χ2v) is 3.29. The lowest BCUT2D eigenvalue weighted by molar-refractivity contribution is 0.205. The van der Waals surface area contributed by atoms with Crippen LogP contribution >= 0.6 is 0 Å². The van der Waals surface area contributed by atoms with Crippen LogP contribution in [-0.2, 0) is 0 Å². The number of para-hydroxylation sites is 2. The molecule has 80 valence electrons. The summed E-state index contributed by atoms with van der Waals surface area (Å²) in [5.74, 6) is 0. The van der Waals surface area contributed by atoms with Crippen molar-refractivity contribution in [1.82, 2.24) is 0 Å². The van der Waals surface area contributed by atoms with Crippen molar-refractivity contribution in [3.05, 3.63) is 60.7 Å². The van der Waals surface area contributed by atoms with Crippen LogP contribution in [0.3, 0.4) is 0 Å². The molecule has 16 heavy (non-hydrogen) atoms. The number of hydrogen-bond donors (Lipinski definition) is 1. The third-order valence-electron chi connectivity index (χ3n) is 2.22. The Morgan fingerprint density at radius 2 is 1.19 bits per heavy atom. The van der Waals surface area contributed by atoms with Gasteiger partial charge in [-0.25, -0.2) is 9.69 Å². The smallest absolute Gasteiger partial charge is 0.416 e. The van der Waals surface area contributed by atoms with E-state index in [1.807, 2.05) is 36.4 Å². The molecule has 0 fully saturated rings. The summed E-state index contributed by atoms with van der Waals surface area (Å²) >= 11 is 0. The van der Waals surface area contributed by atoms with E-state index in [4.69, 9.17) is 0 Å². The predicted octanol–water partition coefficient (Wildman–Crippen LogP) is 3.50. The normalized spacial score (nSPS) is 9.75. The van der Waals surface area contributed by atoms with E-state index in [0.29, 0.717) is 11.4 Å². The minimum atomic E-state index is -0.989. The molecule has 2 rings (SSSR count). The van der Waals surface area contributed by atoms with Gasteiger partial charge >= 0.3 is 6.09 Å². The number of carbonyl (C=O) groups is 1. The Hall–Kier alpha value is -2.29. The van der Waals surface area contributed by atoms with Crippen molar-refractivity contribution in [1.29, 1.82) is 0 Å². The van der Waals surface area contributed by atoms with Gasteiger partial charge < -0.3 is 5.11 Å². The highest BCUT2D eigenvalue weighted by atomic mass is 16.4. The zero-order valence-corrected chi connectivity index (χ0v) is 8.58. The second-order valence-electron chi connectivity index (χ2n) is 3.29. The van der Waals surface area contributed by atoms with Crippen LogP contribution in [-0.4, -0.2) is 11.2 Å². The van der Waals surface area contributed by atoms with E-state index in [0.717, 1.165) is 0 Å². The summed E-state index contributed by atoms with van der Waals surface area (Å²) in [5.41, 5.74) is 1.28. The van der Waals surface area contributed by atoms with E-state index < -0.39 is 6.09 Å². The summed E-state index contributed by atoms with van der Waals surface area (Å²) < 4.78 is 0. The van der Waals surface area contributed by atoms with Crippen LogP contribution in [0.2, 0.25) is 0 Å². The van der Waals surface area contributed by atoms with Crippen molar-refractivity contribution in [2.24, 2.45) is 0 Å². The molecule has 0 atom stereocenters. The van der Waals surface area contributed by atoms with Crippen LogP contribution in [0.5, 0.6) is 0 Å². The molecule has 0 aromatic heterocycles. The second kappa shape index (κ2) is 4.49. The van der Waals surface area contributed by atoms with Gasteiger partial charge in [0.25, 0.3) is 0 Å². The highest BCUT2D eigenvalue weighted by molar-refractivity contribution is 5.94. The monoisotopic (exact) mass is 213 g/mol. The number of benzene rings is 2. The molecule has 0 aliphatic heterocycles. The average Bonchev–Trinajstić information content (AvgIpc) is 2.31. The highest BCUT2D eigenvalue weighted by Gasteiger charge is 2.15. The van der Waals surface area contributed by atoms with Crippen molar-refractivity contribution in [2.45, 2.75) is 0 Å². The van der Waals surface area contributed by atoms with Gasteiger partial charge in [-0.15, -0.1) is 0 Å². The lowest BCUT2D eigenvalue weighted by Crippen LogP contribution is -2.23. The molecular formula is C13H11NO2. The molecule has 1 N–H and O–H groups in total. The fourth-order valence-corrected chi connectivity index (χ4v) is 1.52. The molecule has 0 aliphatic rings. The molecular weight excluding hydrogens is 202 g/mol. The molecule has 0 saturated carbocycles. The minimum absolute atomic E-state index is 0.640. The van der Waals surface area contributed by atoms with Crippen molar-refractivity contribution in [3.8, 4) is 0 Å². The maximum Gasteiger partial charge on any atom is 0.416 e. The van der Waals surface area contributed by atoms with E-state index in [9.17, 15) is 9.90 Å². The van der Waals surface area contributed by atoms with Crippen LogP contribution in [0.1, 0.15) is 0 Å². The first-order valence-electron chi connectivity index (χ1n) is 4.92. The first-order valence-corrected chi connectivity index (χ1v) is 4.92. The van der Waals surface area contributed by atoms with Gasteiger partial charge in [0.15, 0.2) is 0 Å². The van der Waals surface area contributed by atoms with Crippen molar-refractivity contribution >= 4 is 17.5 Å². The quantitative estimate of drug-likeness (QED) is 0.829. The lowest BCUT2D eigenvalue weighted by atomic mass is 10.2. The fraction of sp³-hybridized carbons (Fsp3) is 0. The Kier molecular flexibility index (Phi) is 2.87. The van der Waals surface area contributed by atoms with Crippen LogP contribution in [0, 0.1) is 0 Å². The Labute approximate surface area is 93.6 Å². The van der Waals surface area contributed by atoms with Crippen LogP contribution in [0.15, 0.2) is 60.7 Å². The van der Waals surface area contributed by atoms with Gasteiger partial charge in [0.05, 0.1) is 11.4 Å². The molecule has 2 aromatic rings. The summed E-state index contributed by atoms with van der Waals surface area (Å²) in [6.45, 7) is 0. The van der Waals surface area contributed by atoms with Crippen LogP contribution in [0.25, 0.3) is 0 Å². The first kappa shape index (κ1) is 10.2. The first-order chi connectivity index (χ1) is 7.79. The topological polar surface area (TPSA) is 40.5 Å². The molecule has 0 aliphatic carbocycles. The number of hydrogen-bond acceptors (Lipinski definition) is 1. The zero-order valence-electron chi connectivity index (χ0n) is 8.58. The molecule has 1 amide bonds. The molecule has 0 heterocycles. The fourth-order valence-electron chi connectivity index (χ4n) is 1.52. The maximum atomic E-state index is 11.2. The number of nitrogens with zero attached hydrogens (tertiary/aromatic N) is 1. The van der Waals surface area contributed by atoms with Gasteiger partial charge in [0.1, 0.15) is 0 Å². The summed E-state index contributed by atoms with van der Waals surface area (Å²) in [5, 5.41) is 9.21. The molecule has 3 nitrogen and oxygen atoms in total. The van der Waals surface area contributed by atoms with E-state index in [1.165, 1.54) is 4.90 Å². The van der Waals surface area contributed by atoms with E-state index >= 15 is 0 Å². The van der Waals surface area contributed by atoms with E-state index in [-0.39, 0.29) is 0 Å². The number of amides is 1. The van der Waals surface area contributed by atoms with Crippen molar-refractivity contribution < 1.29 is 9.90 Å². The largest absolute Gasteiger partial charge is 0.464 e. The molecule has 0 spiro atoms. The zero-order chi connectivity index (χ0) is 11.4. The SMILES string of the molecule is O=C(O)N(c1ccccc1)c1ccccc1. The molecule has 0 saturated heterocycles. The molecule has 2 aromatic carbocycles. The number of carboxylic acid groups (broad SMARTS) is 1. The summed E-state index contributed by atoms with van der Waals surface area (Å²) in [7, 11) is 0. The maximum absolute atomic E-state index is 11.2. The number of anilines is 2. The standard InChI is InChI=1S/C13H11NO2/c15-13(16)14(11-7-3-1-4-8-11)12-9-5-2-6-10-12/h1-10H,(H,15,16). The molecule has 3 heteroatoms. The van der Waals surface area contributed by atoms with Gasteiger partial charge in [-0.2, -0.15) is 0 Å². The third-order valence-corrected chi connectivity index (χ3v) is 2.22. The van der Waals surface area contributed by atoms with Crippen molar-refractivity contribution in [3.63, 3.8) is 0 Å². The van der Waals surface area contributed by atoms with E-state index in [2.05, 4.69) is 0 Å². The minimum Gasteiger partial charge on any atom is -0.464 e. The summed E-state index contributed by atoms with van der Waals surface area (Å²) in [6, 6.07) is 18.0. The average molecular weight is 213 g/mol. The van der Waals surface area contributed by atoms with Crippen molar-refractivity contribution in [2.75, 3.05) is 4.90 Å². The van der Waals surface area contributed by atoms with Gasteiger partial charge in [-0.05, 0) is 24.3 Å². The lowest BCUT2D eigenvalue weighted by Gasteiger charge is -2.18. The predicted molar refractivity (Wildman–Crippen MR) is 63.0 cm³/mol. The Morgan fingerprint density at radius 3 is 1.50 bits per heavy atom. The van der Waals surface area contributed by atoms with E-state index in [1.54, 1.807) is 24.3 Å². The van der Waals surface area contributed by atoms with Gasteiger partial charge in [0, 0.05) is 0 Å². The Balaban J connectivity index is 2.44. The van der Waals surface area contributed by atoms with Crippen LogP contribution in [0.4, 0.5) is 16.2 Å². The van der Waals surface area contributed by atoms with Gasteiger partial charge in [0.2, 0.25) is 0 Å². The Morgan fingerprint density at radius 1 is 0.812 bits per heavy atom. The molecule has 0 unspecified atom stereocenters. The summed E-state index contributed by atoms with van der Waals surface area (Å²) in [6.07, 6.45) is -0.989. The third kappa shape index (κ3) is 2.03. The van der Waals surface area contributed by atoms with Crippen LogP contribution < -0.4 is 4.90 Å². The Bertz CT molecular complexity index is 428.